The van der Waals surface area contributed by atoms with Crippen molar-refractivity contribution >= 4 is 28.5 Å². The van der Waals surface area contributed by atoms with E-state index < -0.39 is 5.97 Å². The summed E-state index contributed by atoms with van der Waals surface area (Å²) in [6.07, 6.45) is 0. The number of methoxy groups -OCH3 is 2. The predicted molar refractivity (Wildman–Crippen MR) is 115 cm³/mol. The zero-order valence-electron chi connectivity index (χ0n) is 17.6. The number of benzene rings is 2. The number of carbonyl (C=O) groups is 2. The number of hydrogen-bond acceptors (Lipinski definition) is 5. The minimum Gasteiger partial charge on any atom is -0.497 e. The number of carbonyl (C=O) groups excluding carboxylic acids is 2. The summed E-state index contributed by atoms with van der Waals surface area (Å²) in [5.41, 5.74) is 3.42. The molecular weight excluding hydrogens is 382 g/mol. The highest BCUT2D eigenvalue weighted by Gasteiger charge is 2.22. The van der Waals surface area contributed by atoms with E-state index in [0.717, 1.165) is 27.1 Å². The van der Waals surface area contributed by atoms with Crippen LogP contribution in [0.15, 0.2) is 48.5 Å². The smallest absolute Gasteiger partial charge is 0.340 e. The SMILES string of the molecule is COC(=O)c1c(C[NH+](C)CC(=O)Nc2ccc(OC)cc2)nc2ccccc2c1C. The molecule has 0 radical (unpaired) electrons. The summed E-state index contributed by atoms with van der Waals surface area (Å²) in [5.74, 6) is 0.176. The van der Waals surface area contributed by atoms with E-state index in [9.17, 15) is 9.59 Å². The van der Waals surface area contributed by atoms with E-state index in [-0.39, 0.29) is 12.5 Å². The highest BCUT2D eigenvalue weighted by molar-refractivity contribution is 5.98. The Hall–Kier alpha value is -3.45. The van der Waals surface area contributed by atoms with E-state index in [4.69, 9.17) is 9.47 Å². The van der Waals surface area contributed by atoms with Crippen molar-refractivity contribution in [2.75, 3.05) is 33.1 Å². The number of anilines is 1. The van der Waals surface area contributed by atoms with Gasteiger partial charge in [-0.25, -0.2) is 9.78 Å². The van der Waals surface area contributed by atoms with Crippen molar-refractivity contribution < 1.29 is 24.0 Å². The van der Waals surface area contributed by atoms with Crippen molar-refractivity contribution in [1.29, 1.82) is 0 Å². The van der Waals surface area contributed by atoms with Gasteiger partial charge in [-0.15, -0.1) is 0 Å². The molecule has 3 rings (SSSR count). The van der Waals surface area contributed by atoms with Crippen molar-refractivity contribution in [1.82, 2.24) is 4.98 Å². The normalized spacial score (nSPS) is 11.7. The Labute approximate surface area is 175 Å². The molecule has 1 unspecified atom stereocenters. The Morgan fingerprint density at radius 2 is 1.77 bits per heavy atom. The number of hydrogen-bond donors (Lipinski definition) is 2. The highest BCUT2D eigenvalue weighted by atomic mass is 16.5. The van der Waals surface area contributed by atoms with Gasteiger partial charge in [0.05, 0.1) is 32.3 Å². The summed E-state index contributed by atoms with van der Waals surface area (Å²) >= 11 is 0. The van der Waals surface area contributed by atoms with Crippen molar-refractivity contribution in [2.24, 2.45) is 0 Å². The zero-order valence-corrected chi connectivity index (χ0v) is 17.6. The van der Waals surface area contributed by atoms with Crippen LogP contribution in [0.1, 0.15) is 21.6 Å². The molecule has 2 N–H and O–H groups in total. The van der Waals surface area contributed by atoms with Gasteiger partial charge in [-0.2, -0.15) is 0 Å². The summed E-state index contributed by atoms with van der Waals surface area (Å²) in [6, 6.07) is 14.8. The molecule has 0 bridgehead atoms. The average molecular weight is 408 g/mol. The zero-order chi connectivity index (χ0) is 21.7. The summed E-state index contributed by atoms with van der Waals surface area (Å²) in [7, 11) is 4.84. The van der Waals surface area contributed by atoms with Crippen LogP contribution < -0.4 is 15.0 Å². The molecule has 0 aliphatic rings. The lowest BCUT2D eigenvalue weighted by Crippen LogP contribution is -3.08. The van der Waals surface area contributed by atoms with Crippen LogP contribution in [-0.2, 0) is 16.1 Å². The van der Waals surface area contributed by atoms with E-state index in [2.05, 4.69) is 10.3 Å². The third kappa shape index (κ3) is 4.75. The quantitative estimate of drug-likeness (QED) is 0.585. The van der Waals surface area contributed by atoms with Crippen LogP contribution in [-0.4, -0.2) is 44.7 Å². The average Bonchev–Trinajstić information content (AvgIpc) is 2.74. The van der Waals surface area contributed by atoms with Gasteiger partial charge in [0.1, 0.15) is 18.0 Å². The second-order valence-electron chi connectivity index (χ2n) is 7.15. The fourth-order valence-corrected chi connectivity index (χ4v) is 3.44. The minimum atomic E-state index is -0.420. The summed E-state index contributed by atoms with van der Waals surface area (Å²) < 4.78 is 10.1. The van der Waals surface area contributed by atoms with Crippen LogP contribution in [0, 0.1) is 6.92 Å². The molecule has 156 valence electrons. The number of ether oxygens (including phenoxy) is 2. The number of nitrogens with zero attached hydrogens (tertiary/aromatic N) is 1. The molecule has 0 aliphatic carbocycles. The van der Waals surface area contributed by atoms with Crippen LogP contribution in [0.4, 0.5) is 5.69 Å². The van der Waals surface area contributed by atoms with Crippen molar-refractivity contribution in [3.05, 3.63) is 65.4 Å². The maximum absolute atomic E-state index is 12.4. The van der Waals surface area contributed by atoms with Gasteiger partial charge in [0.2, 0.25) is 0 Å². The molecule has 3 aromatic rings. The molecule has 1 aromatic heterocycles. The topological polar surface area (TPSA) is 82.0 Å². The fraction of sp³-hybridized carbons (Fsp3) is 0.261. The number of esters is 1. The second kappa shape index (κ2) is 9.37. The van der Waals surface area contributed by atoms with Gasteiger partial charge < -0.3 is 19.7 Å². The van der Waals surface area contributed by atoms with Gasteiger partial charge in [0.15, 0.2) is 6.54 Å². The Morgan fingerprint density at radius 1 is 1.07 bits per heavy atom. The number of aryl methyl sites for hydroxylation is 1. The number of fused-ring (bicyclic) bond motifs is 1. The molecule has 0 saturated carbocycles. The molecule has 0 saturated heterocycles. The second-order valence-corrected chi connectivity index (χ2v) is 7.15. The third-order valence-electron chi connectivity index (χ3n) is 4.92. The molecule has 0 fully saturated rings. The molecule has 30 heavy (non-hydrogen) atoms. The van der Waals surface area contributed by atoms with E-state index in [1.165, 1.54) is 7.11 Å². The summed E-state index contributed by atoms with van der Waals surface area (Å²) in [4.78, 5) is 30.5. The van der Waals surface area contributed by atoms with E-state index in [1.54, 1.807) is 31.4 Å². The summed E-state index contributed by atoms with van der Waals surface area (Å²) in [6.45, 7) is 2.53. The Bertz CT molecular complexity index is 1060. The number of quaternary nitrogens is 1. The van der Waals surface area contributed by atoms with Crippen LogP contribution >= 0.6 is 0 Å². The maximum atomic E-state index is 12.4. The van der Waals surface area contributed by atoms with Gasteiger partial charge in [-0.1, -0.05) is 18.2 Å². The summed E-state index contributed by atoms with van der Waals surface area (Å²) in [5, 5.41) is 3.79. The number of rotatable bonds is 7. The number of likely N-dealkylation sites (N-methyl/N-ethyl adjacent to an activating group) is 1. The lowest BCUT2D eigenvalue weighted by atomic mass is 10.0. The fourth-order valence-electron chi connectivity index (χ4n) is 3.44. The number of amides is 1. The Balaban J connectivity index is 1.77. The standard InChI is InChI=1S/C23H25N3O4/c1-15-18-7-5-6-8-19(18)25-20(22(15)23(28)30-4)13-26(2)14-21(27)24-16-9-11-17(29-3)12-10-16/h5-12H,13-14H2,1-4H3,(H,24,27)/p+1. The first-order valence-corrected chi connectivity index (χ1v) is 9.64. The highest BCUT2D eigenvalue weighted by Crippen LogP contribution is 2.23. The van der Waals surface area contributed by atoms with Crippen molar-refractivity contribution in [2.45, 2.75) is 13.5 Å². The molecular formula is C23H26N3O4+. The molecule has 1 amide bonds. The number of nitrogens with one attached hydrogen (secondary N) is 2. The first-order valence-electron chi connectivity index (χ1n) is 9.64. The number of pyridine rings is 1. The van der Waals surface area contributed by atoms with Crippen LogP contribution in [0.25, 0.3) is 10.9 Å². The van der Waals surface area contributed by atoms with E-state index in [1.807, 2.05) is 38.2 Å². The van der Waals surface area contributed by atoms with E-state index >= 15 is 0 Å². The Morgan fingerprint density at radius 3 is 2.43 bits per heavy atom. The molecule has 1 heterocycles. The first-order chi connectivity index (χ1) is 14.4. The maximum Gasteiger partial charge on any atom is 0.340 e. The Kier molecular flexibility index (Phi) is 6.64. The molecule has 2 aromatic carbocycles. The van der Waals surface area contributed by atoms with Gasteiger partial charge in [0.25, 0.3) is 5.91 Å². The minimum absolute atomic E-state index is 0.130. The number of para-hydroxylation sites is 1. The van der Waals surface area contributed by atoms with Gasteiger partial charge in [-0.3, -0.25) is 4.79 Å². The monoisotopic (exact) mass is 408 g/mol. The third-order valence-corrected chi connectivity index (χ3v) is 4.92. The largest absolute Gasteiger partial charge is 0.497 e. The molecule has 0 aliphatic heterocycles. The lowest BCUT2D eigenvalue weighted by Gasteiger charge is -2.17. The number of aromatic nitrogens is 1. The molecule has 7 nitrogen and oxygen atoms in total. The van der Waals surface area contributed by atoms with Gasteiger partial charge in [-0.05, 0) is 42.8 Å². The molecule has 1 atom stereocenters. The molecule has 7 heteroatoms. The van der Waals surface area contributed by atoms with E-state index in [0.29, 0.717) is 23.5 Å². The predicted octanol–water partition coefficient (Wildman–Crippen LogP) is 1.99. The molecule has 0 spiro atoms. The van der Waals surface area contributed by atoms with Gasteiger partial charge in [0, 0.05) is 11.1 Å². The van der Waals surface area contributed by atoms with Crippen molar-refractivity contribution in [3.63, 3.8) is 0 Å². The first kappa shape index (κ1) is 21.3. The van der Waals surface area contributed by atoms with Crippen LogP contribution in [0.2, 0.25) is 0 Å². The van der Waals surface area contributed by atoms with Crippen molar-refractivity contribution in [3.8, 4) is 5.75 Å². The van der Waals surface area contributed by atoms with Crippen LogP contribution in [0.5, 0.6) is 5.75 Å². The lowest BCUT2D eigenvalue weighted by molar-refractivity contribution is -0.885. The van der Waals surface area contributed by atoms with Crippen LogP contribution in [0.3, 0.4) is 0 Å². The van der Waals surface area contributed by atoms with Gasteiger partial charge >= 0.3 is 5.97 Å².